The molecule has 0 saturated carbocycles. The number of hydrogen-bond donors (Lipinski definition) is 2. The average Bonchev–Trinajstić information content (AvgIpc) is 3.51. The van der Waals surface area contributed by atoms with Gasteiger partial charge in [-0.05, 0) is 24.3 Å². The molecule has 0 fully saturated rings. The van der Waals surface area contributed by atoms with Crippen molar-refractivity contribution in [3.63, 3.8) is 0 Å². The fourth-order valence-electron chi connectivity index (χ4n) is 4.08. The molecule has 1 aliphatic rings. The van der Waals surface area contributed by atoms with Gasteiger partial charge < -0.3 is 20.1 Å². The van der Waals surface area contributed by atoms with E-state index in [4.69, 9.17) is 9.47 Å². The van der Waals surface area contributed by atoms with Crippen LogP contribution in [0.15, 0.2) is 66.8 Å². The Morgan fingerprint density at radius 1 is 1.10 bits per heavy atom. The lowest BCUT2D eigenvalue weighted by Gasteiger charge is -2.34. The number of fused-ring (bicyclic) bond motifs is 1. The summed E-state index contributed by atoms with van der Waals surface area (Å²) in [7, 11) is 4.77. The number of ether oxygens (including phenoxy) is 2. The Bertz CT molecular complexity index is 1540. The first-order valence-electron chi connectivity index (χ1n) is 11.8. The lowest BCUT2D eigenvalue weighted by atomic mass is 10.1. The summed E-state index contributed by atoms with van der Waals surface area (Å²) in [6, 6.07) is 10.5. The zero-order chi connectivity index (χ0) is 27.5. The molecule has 2 aromatic carbocycles. The van der Waals surface area contributed by atoms with Gasteiger partial charge in [-0.25, -0.2) is 14.8 Å². The maximum atomic E-state index is 13.4. The van der Waals surface area contributed by atoms with Gasteiger partial charge in [-0.2, -0.15) is 4.98 Å². The predicted molar refractivity (Wildman–Crippen MR) is 151 cm³/mol. The number of hydrogen-bond acceptors (Lipinski definition) is 9. The summed E-state index contributed by atoms with van der Waals surface area (Å²) >= 11 is 1.50. The molecule has 2 aromatic heterocycles. The number of nitrogens with one attached hydrogen (secondary N) is 2. The Morgan fingerprint density at radius 3 is 2.54 bits per heavy atom. The number of urea groups is 1. The van der Waals surface area contributed by atoms with E-state index in [1.165, 1.54) is 22.3 Å². The molecule has 0 radical (unpaired) electrons. The third-order valence-corrected chi connectivity index (χ3v) is 6.86. The van der Waals surface area contributed by atoms with Crippen molar-refractivity contribution in [1.82, 2.24) is 15.0 Å². The van der Waals surface area contributed by atoms with E-state index >= 15 is 0 Å². The summed E-state index contributed by atoms with van der Waals surface area (Å²) in [4.78, 5) is 42.0. The maximum absolute atomic E-state index is 13.4. The molecule has 5 rings (SSSR count). The zero-order valence-corrected chi connectivity index (χ0v) is 22.3. The third-order valence-electron chi connectivity index (χ3n) is 6.04. The second kappa shape index (κ2) is 10.8. The second-order valence-corrected chi connectivity index (χ2v) is 9.35. The highest BCUT2D eigenvalue weighted by molar-refractivity contribution is 7.13. The molecule has 3 heterocycles. The highest BCUT2D eigenvalue weighted by atomic mass is 32.1. The zero-order valence-electron chi connectivity index (χ0n) is 21.5. The van der Waals surface area contributed by atoms with Gasteiger partial charge in [0, 0.05) is 54.1 Å². The summed E-state index contributed by atoms with van der Waals surface area (Å²) in [5, 5.41) is 8.69. The number of thiazole rings is 1. The number of carbonyl (C=O) groups is 2. The van der Waals surface area contributed by atoms with Crippen LogP contribution in [0.3, 0.4) is 0 Å². The molecule has 3 amide bonds. The Kier molecular flexibility index (Phi) is 7.10. The van der Waals surface area contributed by atoms with Gasteiger partial charge in [-0.1, -0.05) is 6.58 Å². The Labute approximate surface area is 228 Å². The first-order valence-corrected chi connectivity index (χ1v) is 12.7. The van der Waals surface area contributed by atoms with E-state index in [2.05, 4.69) is 32.2 Å². The van der Waals surface area contributed by atoms with E-state index < -0.39 is 0 Å². The van der Waals surface area contributed by atoms with Crippen molar-refractivity contribution < 1.29 is 19.1 Å². The summed E-state index contributed by atoms with van der Waals surface area (Å²) in [6.45, 7) is 3.78. The van der Waals surface area contributed by atoms with Crippen molar-refractivity contribution in [3.8, 4) is 22.1 Å². The SMILES string of the molecule is C=CC(=O)Nc1ccc(-c2nccs2)cc1Nc1ncc2c(n1)N(C)C(=O)N(c1cc(OC)cc(OC)c1)C2. The molecule has 4 aromatic rings. The smallest absolute Gasteiger partial charge is 0.330 e. The predicted octanol–water partition coefficient (Wildman–Crippen LogP) is 5.06. The van der Waals surface area contributed by atoms with Gasteiger partial charge in [0.2, 0.25) is 11.9 Å². The van der Waals surface area contributed by atoms with Gasteiger partial charge in [-0.15, -0.1) is 11.3 Å². The number of rotatable bonds is 8. The van der Waals surface area contributed by atoms with Gasteiger partial charge in [-0.3, -0.25) is 14.6 Å². The van der Waals surface area contributed by atoms with Crippen molar-refractivity contribution >= 4 is 52.1 Å². The van der Waals surface area contributed by atoms with E-state index in [1.807, 2.05) is 17.5 Å². The fraction of sp³-hybridized carbons (Fsp3) is 0.148. The summed E-state index contributed by atoms with van der Waals surface area (Å²) in [5.74, 6) is 1.51. The molecule has 0 unspecified atom stereocenters. The van der Waals surface area contributed by atoms with Crippen molar-refractivity contribution in [2.24, 2.45) is 0 Å². The molecule has 12 heteroatoms. The van der Waals surface area contributed by atoms with Crippen LogP contribution in [0.5, 0.6) is 11.5 Å². The van der Waals surface area contributed by atoms with Crippen LogP contribution in [0.25, 0.3) is 10.6 Å². The topological polar surface area (TPSA) is 122 Å². The van der Waals surface area contributed by atoms with Crippen molar-refractivity contribution in [2.75, 3.05) is 41.7 Å². The van der Waals surface area contributed by atoms with Crippen LogP contribution in [0.4, 0.5) is 33.6 Å². The second-order valence-electron chi connectivity index (χ2n) is 8.46. The minimum atomic E-state index is -0.356. The molecular formula is C27H25N7O4S. The first kappa shape index (κ1) is 25.7. The molecule has 198 valence electrons. The molecule has 11 nitrogen and oxygen atoms in total. The van der Waals surface area contributed by atoms with Crippen LogP contribution in [0.1, 0.15) is 5.56 Å². The minimum absolute atomic E-state index is 0.259. The van der Waals surface area contributed by atoms with E-state index in [-0.39, 0.29) is 24.4 Å². The molecule has 0 atom stereocenters. The summed E-state index contributed by atoms with van der Waals surface area (Å²) in [6.07, 6.45) is 4.59. The number of methoxy groups -OCH3 is 2. The van der Waals surface area contributed by atoms with Crippen LogP contribution in [0, 0.1) is 0 Å². The van der Waals surface area contributed by atoms with E-state index in [1.54, 1.807) is 62.8 Å². The first-order chi connectivity index (χ1) is 18.9. The summed E-state index contributed by atoms with van der Waals surface area (Å²) in [5.41, 5.74) is 3.31. The van der Waals surface area contributed by atoms with Gasteiger partial charge in [0.15, 0.2) is 0 Å². The van der Waals surface area contributed by atoms with Crippen LogP contribution in [-0.4, -0.2) is 48.2 Å². The molecule has 0 spiro atoms. The number of aromatic nitrogens is 3. The van der Waals surface area contributed by atoms with Crippen molar-refractivity contribution in [2.45, 2.75) is 6.54 Å². The van der Waals surface area contributed by atoms with E-state index in [0.717, 1.165) is 16.1 Å². The normalized spacial score (nSPS) is 12.5. The molecule has 0 bridgehead atoms. The largest absolute Gasteiger partial charge is 0.497 e. The van der Waals surface area contributed by atoms with Gasteiger partial charge >= 0.3 is 6.03 Å². The molecule has 0 aliphatic carbocycles. The van der Waals surface area contributed by atoms with Gasteiger partial charge in [0.1, 0.15) is 22.3 Å². The Morgan fingerprint density at radius 2 is 1.87 bits per heavy atom. The van der Waals surface area contributed by atoms with Crippen LogP contribution < -0.4 is 29.9 Å². The fourth-order valence-corrected chi connectivity index (χ4v) is 4.71. The number of anilines is 5. The monoisotopic (exact) mass is 543 g/mol. The number of nitrogens with zero attached hydrogens (tertiary/aromatic N) is 5. The van der Waals surface area contributed by atoms with E-state index in [0.29, 0.717) is 34.4 Å². The van der Waals surface area contributed by atoms with Crippen LogP contribution in [0.2, 0.25) is 0 Å². The number of carbonyl (C=O) groups excluding carboxylic acids is 2. The highest BCUT2D eigenvalue weighted by Crippen LogP contribution is 2.36. The molecule has 0 saturated heterocycles. The van der Waals surface area contributed by atoms with Crippen LogP contribution in [-0.2, 0) is 11.3 Å². The van der Waals surface area contributed by atoms with Crippen LogP contribution >= 0.6 is 11.3 Å². The lowest BCUT2D eigenvalue weighted by molar-refractivity contribution is -0.111. The maximum Gasteiger partial charge on any atom is 0.330 e. The number of benzene rings is 2. The van der Waals surface area contributed by atoms with Gasteiger partial charge in [0.05, 0.1) is 37.8 Å². The van der Waals surface area contributed by atoms with E-state index in [9.17, 15) is 9.59 Å². The average molecular weight is 544 g/mol. The minimum Gasteiger partial charge on any atom is -0.497 e. The quantitative estimate of drug-likeness (QED) is 0.296. The Hall–Kier alpha value is -4.97. The van der Waals surface area contributed by atoms with Crippen molar-refractivity contribution in [3.05, 3.63) is 72.4 Å². The molecule has 2 N–H and O–H groups in total. The Balaban J connectivity index is 1.46. The molecule has 39 heavy (non-hydrogen) atoms. The summed E-state index contributed by atoms with van der Waals surface area (Å²) < 4.78 is 10.7. The lowest BCUT2D eigenvalue weighted by Crippen LogP contribution is -2.46. The number of amides is 3. The highest BCUT2D eigenvalue weighted by Gasteiger charge is 2.31. The van der Waals surface area contributed by atoms with Crippen molar-refractivity contribution in [1.29, 1.82) is 0 Å². The standard InChI is InChI=1S/C27H25N7O4S/c1-5-23(35)30-21-7-6-16(25-28-8-9-39-25)10-22(21)31-26-29-14-17-15-34(27(36)33(2)24(17)32-26)18-11-19(37-3)13-20(12-18)38-4/h5-14H,1,15H2,2-4H3,(H,30,35)(H,29,31,32). The third kappa shape index (κ3) is 5.22. The van der Waals surface area contributed by atoms with Gasteiger partial charge in [0.25, 0.3) is 0 Å². The molecule has 1 aliphatic heterocycles. The molecular weight excluding hydrogens is 518 g/mol.